The lowest BCUT2D eigenvalue weighted by molar-refractivity contribution is -0.142. The molecule has 1 aromatic heterocycles. The number of rotatable bonds is 5. The molecule has 1 heterocycles. The SMILES string of the molecule is COc1cccc(Cn2[nH]c(C(F)(F)F)c(Cc3ccccc3)c2=O)c1. The van der Waals surface area contributed by atoms with Gasteiger partial charge in [-0.1, -0.05) is 42.5 Å². The van der Waals surface area contributed by atoms with E-state index < -0.39 is 17.4 Å². The normalized spacial score (nSPS) is 11.5. The van der Waals surface area contributed by atoms with Gasteiger partial charge in [-0.15, -0.1) is 0 Å². The quantitative estimate of drug-likeness (QED) is 0.750. The minimum atomic E-state index is -4.64. The van der Waals surface area contributed by atoms with Crippen LogP contribution in [0.5, 0.6) is 5.75 Å². The maximum Gasteiger partial charge on any atom is 0.433 e. The first-order chi connectivity index (χ1) is 12.4. The van der Waals surface area contributed by atoms with Gasteiger partial charge in [-0.05, 0) is 23.3 Å². The van der Waals surface area contributed by atoms with Crippen molar-refractivity contribution in [2.75, 3.05) is 7.11 Å². The summed E-state index contributed by atoms with van der Waals surface area (Å²) >= 11 is 0. The largest absolute Gasteiger partial charge is 0.497 e. The highest BCUT2D eigenvalue weighted by Gasteiger charge is 2.37. The molecule has 0 saturated heterocycles. The highest BCUT2D eigenvalue weighted by atomic mass is 19.4. The second-order valence-electron chi connectivity index (χ2n) is 5.87. The van der Waals surface area contributed by atoms with Crippen LogP contribution in [0.2, 0.25) is 0 Å². The Morgan fingerprint density at radius 3 is 2.38 bits per heavy atom. The fraction of sp³-hybridized carbons (Fsp3) is 0.211. The van der Waals surface area contributed by atoms with Crippen LogP contribution in [0, 0.1) is 0 Å². The summed E-state index contributed by atoms with van der Waals surface area (Å²) in [4.78, 5) is 12.6. The number of H-pyrrole nitrogens is 1. The third-order valence-electron chi connectivity index (χ3n) is 4.03. The number of nitrogens with one attached hydrogen (secondary N) is 1. The molecule has 0 spiro atoms. The van der Waals surface area contributed by atoms with E-state index in [0.29, 0.717) is 16.9 Å². The molecule has 0 aliphatic carbocycles. The lowest BCUT2D eigenvalue weighted by Crippen LogP contribution is -2.20. The molecule has 0 atom stereocenters. The van der Waals surface area contributed by atoms with Crippen LogP contribution in [0.25, 0.3) is 0 Å². The molecule has 0 unspecified atom stereocenters. The van der Waals surface area contributed by atoms with Gasteiger partial charge in [0, 0.05) is 6.42 Å². The zero-order valence-electron chi connectivity index (χ0n) is 14.0. The van der Waals surface area contributed by atoms with Crippen LogP contribution in [0.1, 0.15) is 22.4 Å². The van der Waals surface area contributed by atoms with Crippen molar-refractivity contribution in [1.29, 1.82) is 0 Å². The van der Waals surface area contributed by atoms with E-state index in [-0.39, 0.29) is 18.5 Å². The predicted molar refractivity (Wildman–Crippen MR) is 91.4 cm³/mol. The molecule has 0 aliphatic heterocycles. The Morgan fingerprint density at radius 1 is 1.04 bits per heavy atom. The van der Waals surface area contributed by atoms with Gasteiger partial charge in [-0.3, -0.25) is 9.89 Å². The molecule has 0 fully saturated rings. The van der Waals surface area contributed by atoms with Gasteiger partial charge in [0.2, 0.25) is 0 Å². The van der Waals surface area contributed by atoms with E-state index in [1.807, 2.05) is 0 Å². The van der Waals surface area contributed by atoms with Crippen molar-refractivity contribution in [3.63, 3.8) is 0 Å². The van der Waals surface area contributed by atoms with Gasteiger partial charge in [-0.25, -0.2) is 4.68 Å². The molecule has 1 N–H and O–H groups in total. The summed E-state index contributed by atoms with van der Waals surface area (Å²) in [5, 5.41) is 2.23. The standard InChI is InChI=1S/C19H17F3N2O2/c1-26-15-9-5-8-14(10-15)12-24-18(25)16(17(23-24)19(20,21)22)11-13-6-3-2-4-7-13/h2-10,23H,11-12H2,1H3. The summed E-state index contributed by atoms with van der Waals surface area (Å²) in [6, 6.07) is 15.5. The smallest absolute Gasteiger partial charge is 0.433 e. The summed E-state index contributed by atoms with van der Waals surface area (Å²) in [5.74, 6) is 0.572. The van der Waals surface area contributed by atoms with Gasteiger partial charge < -0.3 is 4.74 Å². The van der Waals surface area contributed by atoms with Crippen LogP contribution >= 0.6 is 0 Å². The van der Waals surface area contributed by atoms with E-state index in [2.05, 4.69) is 5.10 Å². The van der Waals surface area contributed by atoms with Crippen molar-refractivity contribution in [2.45, 2.75) is 19.1 Å². The number of aromatic nitrogens is 2. The van der Waals surface area contributed by atoms with Crippen molar-refractivity contribution >= 4 is 0 Å². The zero-order chi connectivity index (χ0) is 18.7. The first kappa shape index (κ1) is 17.8. The zero-order valence-corrected chi connectivity index (χ0v) is 14.0. The molecule has 4 nitrogen and oxygen atoms in total. The number of methoxy groups -OCH3 is 1. The number of hydrogen-bond acceptors (Lipinski definition) is 2. The second kappa shape index (κ2) is 7.11. The van der Waals surface area contributed by atoms with Gasteiger partial charge in [0.15, 0.2) is 0 Å². The van der Waals surface area contributed by atoms with Crippen molar-refractivity contribution in [3.05, 3.63) is 87.3 Å². The van der Waals surface area contributed by atoms with Gasteiger partial charge in [-0.2, -0.15) is 13.2 Å². The average molecular weight is 362 g/mol. The molecule has 2 aromatic carbocycles. The molecule has 7 heteroatoms. The summed E-state index contributed by atoms with van der Waals surface area (Å²) in [6.07, 6.45) is -4.72. The van der Waals surface area contributed by atoms with Crippen LogP contribution in [0.4, 0.5) is 13.2 Å². The highest BCUT2D eigenvalue weighted by Crippen LogP contribution is 2.30. The van der Waals surface area contributed by atoms with Crippen LogP contribution in [0.15, 0.2) is 59.4 Å². The Morgan fingerprint density at radius 2 is 1.73 bits per heavy atom. The molecule has 3 rings (SSSR count). The summed E-state index contributed by atoms with van der Waals surface area (Å²) in [5.41, 5.74) is -0.667. The Kier molecular flexibility index (Phi) is 4.88. The minimum absolute atomic E-state index is 0.00605. The summed E-state index contributed by atoms with van der Waals surface area (Å²) in [7, 11) is 1.50. The monoisotopic (exact) mass is 362 g/mol. The summed E-state index contributed by atoms with van der Waals surface area (Å²) < 4.78 is 46.3. The van der Waals surface area contributed by atoms with Crippen LogP contribution < -0.4 is 10.3 Å². The number of benzene rings is 2. The van der Waals surface area contributed by atoms with E-state index >= 15 is 0 Å². The fourth-order valence-electron chi connectivity index (χ4n) is 2.79. The Bertz CT molecular complexity index is 943. The molecule has 0 saturated carbocycles. The van der Waals surface area contributed by atoms with E-state index in [0.717, 1.165) is 4.68 Å². The number of alkyl halides is 3. The Labute approximate surface area is 147 Å². The third-order valence-corrected chi connectivity index (χ3v) is 4.03. The summed E-state index contributed by atoms with van der Waals surface area (Å²) in [6.45, 7) is -0.00605. The number of hydrogen-bond donors (Lipinski definition) is 1. The first-order valence-electron chi connectivity index (χ1n) is 7.94. The highest BCUT2D eigenvalue weighted by molar-refractivity contribution is 5.31. The van der Waals surface area contributed by atoms with E-state index in [9.17, 15) is 18.0 Å². The molecule has 0 bridgehead atoms. The third kappa shape index (κ3) is 3.82. The predicted octanol–water partition coefficient (Wildman–Crippen LogP) is 3.84. The van der Waals surface area contributed by atoms with Gasteiger partial charge >= 0.3 is 6.18 Å². The van der Waals surface area contributed by atoms with E-state index in [4.69, 9.17) is 4.74 Å². The van der Waals surface area contributed by atoms with Crippen molar-refractivity contribution < 1.29 is 17.9 Å². The minimum Gasteiger partial charge on any atom is -0.497 e. The molecule has 0 aliphatic rings. The average Bonchev–Trinajstić information content (AvgIpc) is 2.92. The van der Waals surface area contributed by atoms with E-state index in [1.54, 1.807) is 54.6 Å². The molecular weight excluding hydrogens is 345 g/mol. The molecular formula is C19H17F3N2O2. The van der Waals surface area contributed by atoms with Crippen molar-refractivity contribution in [2.24, 2.45) is 0 Å². The maximum absolute atomic E-state index is 13.4. The maximum atomic E-state index is 13.4. The lowest BCUT2D eigenvalue weighted by atomic mass is 10.1. The molecule has 26 heavy (non-hydrogen) atoms. The Balaban J connectivity index is 2.00. The first-order valence-corrected chi connectivity index (χ1v) is 7.94. The van der Waals surface area contributed by atoms with Crippen LogP contribution in [-0.2, 0) is 19.1 Å². The number of ether oxygens (including phenoxy) is 1. The van der Waals surface area contributed by atoms with Crippen LogP contribution in [0.3, 0.4) is 0 Å². The van der Waals surface area contributed by atoms with Crippen molar-refractivity contribution in [1.82, 2.24) is 9.78 Å². The van der Waals surface area contributed by atoms with Gasteiger partial charge in [0.25, 0.3) is 5.56 Å². The second-order valence-corrected chi connectivity index (χ2v) is 5.87. The van der Waals surface area contributed by atoms with Crippen LogP contribution in [-0.4, -0.2) is 16.9 Å². The van der Waals surface area contributed by atoms with Crippen molar-refractivity contribution in [3.8, 4) is 5.75 Å². The number of nitrogens with zero attached hydrogens (tertiary/aromatic N) is 1. The molecule has 0 amide bonds. The van der Waals surface area contributed by atoms with Gasteiger partial charge in [0.1, 0.15) is 11.4 Å². The lowest BCUT2D eigenvalue weighted by Gasteiger charge is -2.07. The molecule has 0 radical (unpaired) electrons. The topological polar surface area (TPSA) is 47.0 Å². The Hall–Kier alpha value is -2.96. The van der Waals surface area contributed by atoms with E-state index in [1.165, 1.54) is 7.11 Å². The molecule has 3 aromatic rings. The fourth-order valence-corrected chi connectivity index (χ4v) is 2.79. The number of halogens is 3. The number of aromatic amines is 1. The van der Waals surface area contributed by atoms with Gasteiger partial charge in [0.05, 0.1) is 19.2 Å². The molecule has 136 valence electrons.